The van der Waals surface area contributed by atoms with Gasteiger partial charge in [-0.25, -0.2) is 8.42 Å². The first-order valence-corrected chi connectivity index (χ1v) is 6.46. The number of hydrogen-bond donors (Lipinski definition) is 2. The fourth-order valence-corrected chi connectivity index (χ4v) is 2.88. The van der Waals surface area contributed by atoms with Crippen LogP contribution in [0, 0.1) is 0 Å². The SMILES string of the molecule is CCN(CC)S(=O)(=O)c1ccc(N)c(O)c1. The van der Waals surface area contributed by atoms with E-state index in [0.717, 1.165) is 0 Å². The van der Waals surface area contributed by atoms with Crippen LogP contribution < -0.4 is 5.73 Å². The Hall–Kier alpha value is -1.27. The Balaban J connectivity index is 3.22. The van der Waals surface area contributed by atoms with Crippen LogP contribution in [0.5, 0.6) is 5.75 Å². The number of phenolic OH excluding ortho intramolecular Hbond substituents is 1. The van der Waals surface area contributed by atoms with Gasteiger partial charge in [0.05, 0.1) is 10.6 Å². The second-order valence-corrected chi connectivity index (χ2v) is 5.25. The zero-order valence-corrected chi connectivity index (χ0v) is 10.2. The average Bonchev–Trinajstić information content (AvgIpc) is 2.23. The lowest BCUT2D eigenvalue weighted by Crippen LogP contribution is -2.30. The van der Waals surface area contributed by atoms with Gasteiger partial charge in [0.2, 0.25) is 10.0 Å². The van der Waals surface area contributed by atoms with Gasteiger partial charge in [0, 0.05) is 19.2 Å². The number of nitrogen functional groups attached to an aromatic ring is 1. The van der Waals surface area contributed by atoms with Crippen LogP contribution in [-0.4, -0.2) is 30.9 Å². The molecule has 1 rings (SSSR count). The highest BCUT2D eigenvalue weighted by Gasteiger charge is 2.22. The van der Waals surface area contributed by atoms with Crippen molar-refractivity contribution in [2.45, 2.75) is 18.7 Å². The van der Waals surface area contributed by atoms with Gasteiger partial charge < -0.3 is 10.8 Å². The van der Waals surface area contributed by atoms with E-state index in [-0.39, 0.29) is 16.3 Å². The van der Waals surface area contributed by atoms with Gasteiger partial charge in [0.15, 0.2) is 0 Å². The van der Waals surface area contributed by atoms with Gasteiger partial charge in [-0.15, -0.1) is 0 Å². The highest BCUT2D eigenvalue weighted by Crippen LogP contribution is 2.25. The Morgan fingerprint density at radius 3 is 2.31 bits per heavy atom. The van der Waals surface area contributed by atoms with Crippen molar-refractivity contribution in [1.82, 2.24) is 4.31 Å². The third-order valence-electron chi connectivity index (χ3n) is 2.35. The molecule has 0 amide bonds. The average molecular weight is 244 g/mol. The van der Waals surface area contributed by atoms with E-state index in [0.29, 0.717) is 13.1 Å². The number of sulfonamides is 1. The molecule has 5 nitrogen and oxygen atoms in total. The van der Waals surface area contributed by atoms with E-state index in [2.05, 4.69) is 0 Å². The molecule has 0 atom stereocenters. The summed E-state index contributed by atoms with van der Waals surface area (Å²) >= 11 is 0. The summed E-state index contributed by atoms with van der Waals surface area (Å²) in [5, 5.41) is 9.38. The van der Waals surface area contributed by atoms with Gasteiger partial charge in [-0.3, -0.25) is 0 Å². The number of phenols is 1. The van der Waals surface area contributed by atoms with E-state index >= 15 is 0 Å². The summed E-state index contributed by atoms with van der Waals surface area (Å²) in [4.78, 5) is 0.0582. The molecular formula is C10H16N2O3S. The monoisotopic (exact) mass is 244 g/mol. The topological polar surface area (TPSA) is 83.6 Å². The molecule has 0 aliphatic carbocycles. The maximum atomic E-state index is 12.0. The Morgan fingerprint density at radius 2 is 1.88 bits per heavy atom. The minimum absolute atomic E-state index is 0.0582. The number of hydrogen-bond acceptors (Lipinski definition) is 4. The van der Waals surface area contributed by atoms with Crippen LogP contribution in [0.3, 0.4) is 0 Å². The zero-order chi connectivity index (χ0) is 12.3. The van der Waals surface area contributed by atoms with E-state index in [1.54, 1.807) is 13.8 Å². The molecule has 0 aliphatic heterocycles. The van der Waals surface area contributed by atoms with Gasteiger partial charge in [0.25, 0.3) is 0 Å². The highest BCUT2D eigenvalue weighted by atomic mass is 32.2. The Kier molecular flexibility index (Phi) is 3.77. The number of nitrogens with two attached hydrogens (primary N) is 1. The minimum atomic E-state index is -3.52. The quantitative estimate of drug-likeness (QED) is 0.611. The molecule has 0 radical (unpaired) electrons. The number of anilines is 1. The van der Waals surface area contributed by atoms with E-state index < -0.39 is 10.0 Å². The molecule has 0 aliphatic rings. The van der Waals surface area contributed by atoms with Crippen LogP contribution in [-0.2, 0) is 10.0 Å². The Labute approximate surface area is 95.5 Å². The summed E-state index contributed by atoms with van der Waals surface area (Å²) in [6.07, 6.45) is 0. The molecule has 1 aromatic carbocycles. The molecule has 0 unspecified atom stereocenters. The van der Waals surface area contributed by atoms with Gasteiger partial charge >= 0.3 is 0 Å². The van der Waals surface area contributed by atoms with Crippen molar-refractivity contribution in [1.29, 1.82) is 0 Å². The van der Waals surface area contributed by atoms with Gasteiger partial charge in [-0.1, -0.05) is 13.8 Å². The van der Waals surface area contributed by atoms with Crippen LogP contribution in [0.1, 0.15) is 13.8 Å². The van der Waals surface area contributed by atoms with E-state index in [1.807, 2.05) is 0 Å². The maximum absolute atomic E-state index is 12.0. The second-order valence-electron chi connectivity index (χ2n) is 3.31. The molecule has 0 aromatic heterocycles. The molecule has 6 heteroatoms. The van der Waals surface area contributed by atoms with Crippen molar-refractivity contribution in [2.24, 2.45) is 0 Å². The standard InChI is InChI=1S/C10H16N2O3S/c1-3-12(4-2)16(14,15)8-5-6-9(11)10(13)7-8/h5-7,13H,3-4,11H2,1-2H3. The summed E-state index contributed by atoms with van der Waals surface area (Å²) in [7, 11) is -3.52. The highest BCUT2D eigenvalue weighted by molar-refractivity contribution is 7.89. The molecule has 90 valence electrons. The molecular weight excluding hydrogens is 228 g/mol. The summed E-state index contributed by atoms with van der Waals surface area (Å²) < 4.78 is 25.4. The van der Waals surface area contributed by atoms with Gasteiger partial charge in [-0.05, 0) is 12.1 Å². The third kappa shape index (κ3) is 2.28. The van der Waals surface area contributed by atoms with Crippen LogP contribution >= 0.6 is 0 Å². The lowest BCUT2D eigenvalue weighted by atomic mass is 10.3. The molecule has 3 N–H and O–H groups in total. The minimum Gasteiger partial charge on any atom is -0.506 e. The van der Waals surface area contributed by atoms with Gasteiger partial charge in [0.1, 0.15) is 5.75 Å². The van der Waals surface area contributed by atoms with Crippen LogP contribution in [0.2, 0.25) is 0 Å². The summed E-state index contributed by atoms with van der Waals surface area (Å²) in [6, 6.07) is 3.94. The maximum Gasteiger partial charge on any atom is 0.243 e. The first kappa shape index (κ1) is 12.8. The molecule has 0 bridgehead atoms. The third-order valence-corrected chi connectivity index (χ3v) is 4.39. The van der Waals surface area contributed by atoms with Crippen molar-refractivity contribution in [3.8, 4) is 5.75 Å². The van der Waals surface area contributed by atoms with E-state index in [1.165, 1.54) is 22.5 Å². The molecule has 0 heterocycles. The second kappa shape index (κ2) is 4.71. The lowest BCUT2D eigenvalue weighted by Gasteiger charge is -2.18. The van der Waals surface area contributed by atoms with E-state index in [4.69, 9.17) is 5.73 Å². The van der Waals surface area contributed by atoms with Crippen molar-refractivity contribution in [2.75, 3.05) is 18.8 Å². The van der Waals surface area contributed by atoms with Crippen molar-refractivity contribution in [3.05, 3.63) is 18.2 Å². The van der Waals surface area contributed by atoms with E-state index in [9.17, 15) is 13.5 Å². The molecule has 0 saturated carbocycles. The lowest BCUT2D eigenvalue weighted by molar-refractivity contribution is 0.443. The van der Waals surface area contributed by atoms with Crippen LogP contribution in [0.15, 0.2) is 23.1 Å². The number of benzene rings is 1. The number of aromatic hydroxyl groups is 1. The van der Waals surface area contributed by atoms with Crippen molar-refractivity contribution >= 4 is 15.7 Å². The molecule has 0 fully saturated rings. The van der Waals surface area contributed by atoms with Crippen LogP contribution in [0.4, 0.5) is 5.69 Å². The van der Waals surface area contributed by atoms with Crippen molar-refractivity contribution in [3.63, 3.8) is 0 Å². The predicted molar refractivity (Wildman–Crippen MR) is 62.6 cm³/mol. The largest absolute Gasteiger partial charge is 0.506 e. The zero-order valence-electron chi connectivity index (χ0n) is 9.34. The fourth-order valence-electron chi connectivity index (χ4n) is 1.40. The molecule has 0 saturated heterocycles. The smallest absolute Gasteiger partial charge is 0.243 e. The molecule has 0 spiro atoms. The number of nitrogens with zero attached hydrogens (tertiary/aromatic N) is 1. The predicted octanol–water partition coefficient (Wildman–Crippen LogP) is 1.00. The number of rotatable bonds is 4. The summed E-state index contributed by atoms with van der Waals surface area (Å²) in [6.45, 7) is 4.31. The molecule has 1 aromatic rings. The normalized spacial score (nSPS) is 11.9. The molecule has 16 heavy (non-hydrogen) atoms. The summed E-state index contributed by atoms with van der Waals surface area (Å²) in [5.41, 5.74) is 5.58. The fraction of sp³-hybridized carbons (Fsp3) is 0.400. The summed E-state index contributed by atoms with van der Waals surface area (Å²) in [5.74, 6) is -0.215. The Bertz CT molecular complexity index is 467. The first-order chi connectivity index (χ1) is 7.43. The van der Waals surface area contributed by atoms with Crippen LogP contribution in [0.25, 0.3) is 0 Å². The van der Waals surface area contributed by atoms with Crippen molar-refractivity contribution < 1.29 is 13.5 Å². The van der Waals surface area contributed by atoms with Gasteiger partial charge in [-0.2, -0.15) is 4.31 Å². The first-order valence-electron chi connectivity index (χ1n) is 5.02. The Morgan fingerprint density at radius 1 is 1.31 bits per heavy atom.